The lowest BCUT2D eigenvalue weighted by Crippen LogP contribution is -2.33. The van der Waals surface area contributed by atoms with Crippen LogP contribution in [0.15, 0.2) is 143 Å². The van der Waals surface area contributed by atoms with E-state index >= 15 is 0 Å². The highest BCUT2D eigenvalue weighted by molar-refractivity contribution is 8.00. The molecule has 0 spiro atoms. The van der Waals surface area contributed by atoms with Crippen molar-refractivity contribution in [3.8, 4) is 0 Å². The van der Waals surface area contributed by atoms with Gasteiger partial charge in [0.25, 0.3) is 5.01 Å². The molecule has 3 nitrogen and oxygen atoms in total. The van der Waals surface area contributed by atoms with E-state index in [2.05, 4.69) is 156 Å². The first-order chi connectivity index (χ1) is 21.7. The van der Waals surface area contributed by atoms with Gasteiger partial charge in [-0.3, -0.25) is 0 Å². The molecule has 0 bridgehead atoms. The molecule has 0 saturated heterocycles. The van der Waals surface area contributed by atoms with Crippen LogP contribution in [-0.2, 0) is 6.54 Å². The molecule has 5 heteroatoms. The number of allylic oxidation sites excluding steroid dienone is 3. The number of hydrogen-bond donors (Lipinski definition) is 0. The predicted octanol–water partition coefficient (Wildman–Crippen LogP) is 10.4. The van der Waals surface area contributed by atoms with Crippen LogP contribution in [0.2, 0.25) is 0 Å². The molecule has 0 saturated carbocycles. The predicted molar refractivity (Wildman–Crippen MR) is 190 cm³/mol. The number of aromatic nitrogens is 1. The molecule has 4 aromatic carbocycles. The minimum absolute atomic E-state index is 0.412. The highest BCUT2D eigenvalue weighted by atomic mass is 32.2. The maximum absolute atomic E-state index is 2.56. The number of benzene rings is 4. The zero-order chi connectivity index (χ0) is 29.9. The van der Waals surface area contributed by atoms with Crippen molar-refractivity contribution in [1.82, 2.24) is 0 Å². The monoisotopic (exact) mass is 612 g/mol. The molecule has 1 atom stereocenters. The summed E-state index contributed by atoms with van der Waals surface area (Å²) >= 11 is 3.88. The van der Waals surface area contributed by atoms with Crippen LogP contribution in [0, 0.1) is 0 Å². The number of rotatable bonds is 9. The van der Waals surface area contributed by atoms with E-state index < -0.39 is 0 Å². The van der Waals surface area contributed by atoms with Gasteiger partial charge in [-0.1, -0.05) is 89.8 Å². The highest BCUT2D eigenvalue weighted by Gasteiger charge is 2.30. The van der Waals surface area contributed by atoms with Crippen molar-refractivity contribution in [3.63, 3.8) is 0 Å². The fourth-order valence-corrected chi connectivity index (χ4v) is 9.02. The highest BCUT2D eigenvalue weighted by Crippen LogP contribution is 2.46. The van der Waals surface area contributed by atoms with Crippen LogP contribution < -0.4 is 14.4 Å². The van der Waals surface area contributed by atoms with Gasteiger partial charge in [0.15, 0.2) is 0 Å². The Morgan fingerprint density at radius 2 is 1.48 bits per heavy atom. The van der Waals surface area contributed by atoms with Gasteiger partial charge in [-0.15, -0.1) is 0 Å². The molecular formula is C39H38N3S2+. The summed E-state index contributed by atoms with van der Waals surface area (Å²) in [6.45, 7) is 6.48. The average Bonchev–Trinajstić information content (AvgIpc) is 3.76. The van der Waals surface area contributed by atoms with Gasteiger partial charge in [0, 0.05) is 35.0 Å². The van der Waals surface area contributed by atoms with E-state index in [0.717, 1.165) is 32.4 Å². The SMILES string of the molecule is CCN1c2ccccc2SC1CC=C1CCC(C=Cc2sc3ccccc3[n+]2CC)=C1N(c1ccccc1)c1ccccc1. The number of thiazole rings is 1. The molecule has 0 radical (unpaired) electrons. The minimum atomic E-state index is 0.412. The zero-order valence-electron chi connectivity index (χ0n) is 25.4. The summed E-state index contributed by atoms with van der Waals surface area (Å²) < 4.78 is 3.77. The molecule has 0 fully saturated rings. The summed E-state index contributed by atoms with van der Waals surface area (Å²) in [5, 5.41) is 1.71. The zero-order valence-corrected chi connectivity index (χ0v) is 27.0. The van der Waals surface area contributed by atoms with E-state index in [4.69, 9.17) is 0 Å². The van der Waals surface area contributed by atoms with Crippen LogP contribution in [0.3, 0.4) is 0 Å². The van der Waals surface area contributed by atoms with Gasteiger partial charge in [0.1, 0.15) is 11.2 Å². The lowest BCUT2D eigenvalue weighted by molar-refractivity contribution is -0.665. The van der Waals surface area contributed by atoms with Gasteiger partial charge in [-0.25, -0.2) is 0 Å². The largest absolute Gasteiger partial charge is 0.358 e. The lowest BCUT2D eigenvalue weighted by atomic mass is 10.1. The maximum Gasteiger partial charge on any atom is 0.262 e. The Balaban J connectivity index is 1.32. The van der Waals surface area contributed by atoms with Crippen LogP contribution >= 0.6 is 23.1 Å². The third-order valence-corrected chi connectivity index (χ3v) is 11.0. The van der Waals surface area contributed by atoms with E-state index in [1.165, 1.54) is 54.0 Å². The second kappa shape index (κ2) is 12.9. The molecule has 1 aromatic heterocycles. The van der Waals surface area contributed by atoms with E-state index in [-0.39, 0.29) is 0 Å². The van der Waals surface area contributed by atoms with Crippen LogP contribution in [0.5, 0.6) is 0 Å². The van der Waals surface area contributed by atoms with Crippen molar-refractivity contribution in [2.75, 3.05) is 16.3 Å². The van der Waals surface area contributed by atoms with Gasteiger partial charge in [-0.05, 0) is 92.8 Å². The summed E-state index contributed by atoms with van der Waals surface area (Å²) in [6, 6.07) is 39.3. The van der Waals surface area contributed by atoms with E-state index in [0.29, 0.717) is 5.37 Å². The Morgan fingerprint density at radius 1 is 0.795 bits per heavy atom. The number of para-hydroxylation sites is 4. The third kappa shape index (κ3) is 5.51. The Kier molecular flexibility index (Phi) is 8.41. The maximum atomic E-state index is 2.56. The Bertz CT molecular complexity index is 1810. The van der Waals surface area contributed by atoms with Crippen molar-refractivity contribution in [2.45, 2.75) is 49.9 Å². The number of thioether (sulfide) groups is 1. The van der Waals surface area contributed by atoms with Crippen LogP contribution in [-0.4, -0.2) is 11.9 Å². The molecule has 1 aliphatic carbocycles. The number of anilines is 3. The molecule has 1 unspecified atom stereocenters. The van der Waals surface area contributed by atoms with Gasteiger partial charge in [0.05, 0.1) is 16.8 Å². The lowest BCUT2D eigenvalue weighted by Gasteiger charge is -2.29. The number of fused-ring (bicyclic) bond motifs is 2. The summed E-state index contributed by atoms with van der Waals surface area (Å²) in [7, 11) is 0. The topological polar surface area (TPSA) is 10.4 Å². The molecule has 0 N–H and O–H groups in total. The smallest absolute Gasteiger partial charge is 0.262 e. The standard InChI is InChI=1S/C39H38N3S2/c1-3-40-33-19-11-13-21-35(33)43-37(40)27-25-29-23-24-30(26-28-38-41(4-2)34-20-12-14-22-36(34)44-38)39(29)42(31-15-7-5-8-16-31)32-17-9-6-10-18-32/h5-22,25-27,38H,3-4,23-24,28H2,1-2H3/q+1. The van der Waals surface area contributed by atoms with Crippen LogP contribution in [0.25, 0.3) is 16.3 Å². The summed E-state index contributed by atoms with van der Waals surface area (Å²) in [6.07, 6.45) is 10.4. The van der Waals surface area contributed by atoms with Gasteiger partial charge >= 0.3 is 0 Å². The van der Waals surface area contributed by atoms with Crippen molar-refractivity contribution < 1.29 is 4.57 Å². The number of nitrogens with zero attached hydrogens (tertiary/aromatic N) is 3. The number of aryl methyl sites for hydroxylation is 1. The first-order valence-corrected chi connectivity index (χ1v) is 17.4. The fourth-order valence-electron chi connectivity index (χ4n) is 6.55. The summed E-state index contributed by atoms with van der Waals surface area (Å²) in [4.78, 5) is 6.44. The normalized spacial score (nSPS) is 17.4. The second-order valence-corrected chi connectivity index (χ2v) is 13.4. The molecule has 220 valence electrons. The van der Waals surface area contributed by atoms with E-state index in [1.54, 1.807) is 0 Å². The van der Waals surface area contributed by atoms with Crippen molar-refractivity contribution in [3.05, 3.63) is 143 Å². The van der Waals surface area contributed by atoms with Gasteiger partial charge < -0.3 is 9.80 Å². The molecular weight excluding hydrogens is 575 g/mol. The van der Waals surface area contributed by atoms with Crippen molar-refractivity contribution in [2.24, 2.45) is 0 Å². The van der Waals surface area contributed by atoms with Crippen LogP contribution in [0.1, 0.15) is 38.1 Å². The van der Waals surface area contributed by atoms with E-state index in [1.807, 2.05) is 23.1 Å². The van der Waals surface area contributed by atoms with Crippen molar-refractivity contribution >= 4 is 56.5 Å². The third-order valence-electron chi connectivity index (χ3n) is 8.60. The molecule has 7 rings (SSSR count). The first kappa shape index (κ1) is 28.7. The van der Waals surface area contributed by atoms with Gasteiger partial charge in [-0.2, -0.15) is 4.57 Å². The second-order valence-electron chi connectivity index (χ2n) is 11.2. The Labute approximate surface area is 269 Å². The summed E-state index contributed by atoms with van der Waals surface area (Å²) in [5.74, 6) is 0. The molecule has 2 aliphatic rings. The van der Waals surface area contributed by atoms with E-state index in [9.17, 15) is 0 Å². The Morgan fingerprint density at radius 3 is 2.20 bits per heavy atom. The number of hydrogen-bond acceptors (Lipinski definition) is 4. The van der Waals surface area contributed by atoms with Gasteiger partial charge in [0.2, 0.25) is 5.52 Å². The molecule has 0 amide bonds. The first-order valence-electron chi connectivity index (χ1n) is 15.7. The quantitative estimate of drug-likeness (QED) is 0.153. The molecule has 1 aliphatic heterocycles. The summed E-state index contributed by atoms with van der Waals surface area (Å²) in [5.41, 5.74) is 9.21. The molecule has 2 heterocycles. The average molecular weight is 613 g/mol. The van der Waals surface area contributed by atoms with Crippen LogP contribution in [0.4, 0.5) is 17.1 Å². The fraction of sp³-hybridized carbons (Fsp3) is 0.205. The minimum Gasteiger partial charge on any atom is -0.358 e. The molecule has 44 heavy (non-hydrogen) atoms. The Hall–Kier alpha value is -4.06. The molecule has 5 aromatic rings. The van der Waals surface area contributed by atoms with Crippen molar-refractivity contribution in [1.29, 1.82) is 0 Å².